The van der Waals surface area contributed by atoms with Crippen molar-refractivity contribution in [1.29, 1.82) is 0 Å². The van der Waals surface area contributed by atoms with Crippen LogP contribution in [0.3, 0.4) is 0 Å². The van der Waals surface area contributed by atoms with Crippen LogP contribution < -0.4 is 10.6 Å². The predicted molar refractivity (Wildman–Crippen MR) is 85.0 cm³/mol. The number of hydrogen-bond acceptors (Lipinski definition) is 3. The average Bonchev–Trinajstić information content (AvgIpc) is 2.24. The fraction of sp³-hybridized carbons (Fsp3) is 0.938. The molecule has 0 saturated carbocycles. The third kappa shape index (κ3) is 12.3. The Morgan fingerprint density at radius 3 is 2.20 bits per heavy atom. The molecule has 0 aromatic heterocycles. The number of hydrogen-bond donors (Lipinski definition) is 2. The van der Waals surface area contributed by atoms with Gasteiger partial charge in [0.2, 0.25) is 0 Å². The number of amides is 1. The van der Waals surface area contributed by atoms with E-state index in [1.165, 1.54) is 6.42 Å². The second kappa shape index (κ2) is 8.50. The fourth-order valence-electron chi connectivity index (χ4n) is 1.70. The van der Waals surface area contributed by atoms with Crippen molar-refractivity contribution in [2.75, 3.05) is 13.1 Å². The van der Waals surface area contributed by atoms with Crippen LogP contribution in [0.25, 0.3) is 0 Å². The largest absolute Gasteiger partial charge is 0.444 e. The SMILES string of the molecule is CCCCC(CNC(=O)OC(C)(C)C)NCC(C)(C)C. The summed E-state index contributed by atoms with van der Waals surface area (Å²) in [5.74, 6) is 0. The van der Waals surface area contributed by atoms with Gasteiger partial charge in [-0.15, -0.1) is 0 Å². The number of nitrogens with one attached hydrogen (secondary N) is 2. The molecule has 1 atom stereocenters. The van der Waals surface area contributed by atoms with Crippen molar-refractivity contribution in [3.63, 3.8) is 0 Å². The maximum absolute atomic E-state index is 11.7. The molecule has 120 valence electrons. The Kier molecular flexibility index (Phi) is 8.17. The highest BCUT2D eigenvalue weighted by atomic mass is 16.6. The molecule has 0 fully saturated rings. The molecular weight excluding hydrogens is 252 g/mol. The van der Waals surface area contributed by atoms with Gasteiger partial charge in [0, 0.05) is 19.1 Å². The van der Waals surface area contributed by atoms with Crippen molar-refractivity contribution in [3.8, 4) is 0 Å². The van der Waals surface area contributed by atoms with E-state index >= 15 is 0 Å². The highest BCUT2D eigenvalue weighted by Gasteiger charge is 2.18. The molecule has 1 unspecified atom stereocenters. The number of carbonyl (C=O) groups is 1. The Labute approximate surface area is 125 Å². The zero-order valence-corrected chi connectivity index (χ0v) is 14.4. The summed E-state index contributed by atoms with van der Waals surface area (Å²) < 4.78 is 5.26. The van der Waals surface area contributed by atoms with Gasteiger partial charge in [-0.05, 0) is 32.6 Å². The van der Waals surface area contributed by atoms with Gasteiger partial charge in [0.25, 0.3) is 0 Å². The molecule has 4 heteroatoms. The van der Waals surface area contributed by atoms with Crippen LogP contribution in [-0.4, -0.2) is 30.8 Å². The van der Waals surface area contributed by atoms with Crippen molar-refractivity contribution < 1.29 is 9.53 Å². The summed E-state index contributed by atoms with van der Waals surface area (Å²) in [6.45, 7) is 16.0. The fourth-order valence-corrected chi connectivity index (χ4v) is 1.70. The molecule has 1 amide bonds. The Morgan fingerprint density at radius 2 is 1.75 bits per heavy atom. The molecule has 20 heavy (non-hydrogen) atoms. The van der Waals surface area contributed by atoms with Gasteiger partial charge in [0.05, 0.1) is 0 Å². The van der Waals surface area contributed by atoms with Gasteiger partial charge in [-0.3, -0.25) is 0 Å². The third-order valence-electron chi connectivity index (χ3n) is 2.72. The lowest BCUT2D eigenvalue weighted by atomic mass is 9.96. The first-order valence-corrected chi connectivity index (χ1v) is 7.74. The van der Waals surface area contributed by atoms with E-state index in [-0.39, 0.29) is 11.5 Å². The second-order valence-electron chi connectivity index (χ2n) is 7.66. The van der Waals surface area contributed by atoms with Crippen LogP contribution in [-0.2, 0) is 4.74 Å². The molecule has 0 aromatic rings. The minimum atomic E-state index is -0.443. The van der Waals surface area contributed by atoms with Gasteiger partial charge >= 0.3 is 6.09 Å². The van der Waals surface area contributed by atoms with E-state index in [9.17, 15) is 4.79 Å². The lowest BCUT2D eigenvalue weighted by Gasteiger charge is -2.26. The Morgan fingerprint density at radius 1 is 1.15 bits per heavy atom. The Balaban J connectivity index is 4.18. The van der Waals surface area contributed by atoms with Crippen molar-refractivity contribution >= 4 is 6.09 Å². The van der Waals surface area contributed by atoms with Crippen molar-refractivity contribution in [2.24, 2.45) is 5.41 Å². The minimum absolute atomic E-state index is 0.246. The van der Waals surface area contributed by atoms with E-state index in [2.05, 4.69) is 38.3 Å². The molecule has 0 aliphatic carbocycles. The first-order chi connectivity index (χ1) is 9.03. The maximum Gasteiger partial charge on any atom is 0.407 e. The van der Waals surface area contributed by atoms with E-state index in [0.29, 0.717) is 12.6 Å². The molecule has 0 spiro atoms. The first-order valence-electron chi connectivity index (χ1n) is 7.74. The number of unbranched alkanes of at least 4 members (excludes halogenated alkanes) is 1. The minimum Gasteiger partial charge on any atom is -0.444 e. The smallest absolute Gasteiger partial charge is 0.407 e. The van der Waals surface area contributed by atoms with Gasteiger partial charge in [-0.25, -0.2) is 4.79 Å². The molecule has 0 aliphatic rings. The molecule has 0 rings (SSSR count). The zero-order chi connectivity index (χ0) is 15.8. The Hall–Kier alpha value is -0.770. The van der Waals surface area contributed by atoms with Crippen molar-refractivity contribution in [1.82, 2.24) is 10.6 Å². The quantitative estimate of drug-likeness (QED) is 0.750. The topological polar surface area (TPSA) is 50.4 Å². The lowest BCUT2D eigenvalue weighted by molar-refractivity contribution is 0.0521. The van der Waals surface area contributed by atoms with Crippen LogP contribution >= 0.6 is 0 Å². The van der Waals surface area contributed by atoms with E-state index in [4.69, 9.17) is 4.74 Å². The summed E-state index contributed by atoms with van der Waals surface area (Å²) in [7, 11) is 0. The van der Waals surface area contributed by atoms with Gasteiger partial charge < -0.3 is 15.4 Å². The number of rotatable bonds is 7. The Bertz CT molecular complexity index is 277. The van der Waals surface area contributed by atoms with E-state index in [0.717, 1.165) is 19.4 Å². The van der Waals surface area contributed by atoms with Gasteiger partial charge in [0.15, 0.2) is 0 Å². The maximum atomic E-state index is 11.7. The van der Waals surface area contributed by atoms with Crippen molar-refractivity contribution in [2.45, 2.75) is 79.4 Å². The summed E-state index contributed by atoms with van der Waals surface area (Å²) in [5, 5.41) is 6.40. The molecular formula is C16H34N2O2. The molecule has 0 heterocycles. The van der Waals surface area contributed by atoms with Crippen LogP contribution in [0.15, 0.2) is 0 Å². The van der Waals surface area contributed by atoms with Crippen LogP contribution in [0.4, 0.5) is 4.79 Å². The number of carbonyl (C=O) groups excluding carboxylic acids is 1. The molecule has 0 radical (unpaired) electrons. The summed E-state index contributed by atoms with van der Waals surface area (Å²) in [5.41, 5.74) is -0.196. The van der Waals surface area contributed by atoms with Crippen LogP contribution in [0.2, 0.25) is 0 Å². The van der Waals surface area contributed by atoms with E-state index in [1.54, 1.807) is 0 Å². The third-order valence-corrected chi connectivity index (χ3v) is 2.72. The normalized spacial score (nSPS) is 13.9. The average molecular weight is 286 g/mol. The summed E-state index contributed by atoms with van der Waals surface area (Å²) in [4.78, 5) is 11.7. The molecule has 2 N–H and O–H groups in total. The second-order valence-corrected chi connectivity index (χ2v) is 7.66. The molecule has 0 bridgehead atoms. The van der Waals surface area contributed by atoms with Gasteiger partial charge in [0.1, 0.15) is 5.60 Å². The van der Waals surface area contributed by atoms with E-state index < -0.39 is 5.60 Å². The number of ether oxygens (including phenoxy) is 1. The number of alkyl carbamates (subject to hydrolysis) is 1. The zero-order valence-electron chi connectivity index (χ0n) is 14.4. The van der Waals surface area contributed by atoms with Crippen molar-refractivity contribution in [3.05, 3.63) is 0 Å². The molecule has 0 aromatic carbocycles. The summed E-state index contributed by atoms with van der Waals surface area (Å²) in [6, 6.07) is 0.307. The van der Waals surface area contributed by atoms with E-state index in [1.807, 2.05) is 20.8 Å². The molecule has 4 nitrogen and oxygen atoms in total. The molecule has 0 aliphatic heterocycles. The molecule has 0 saturated heterocycles. The highest BCUT2D eigenvalue weighted by Crippen LogP contribution is 2.12. The van der Waals surface area contributed by atoms with Crippen LogP contribution in [0, 0.1) is 5.41 Å². The van der Waals surface area contributed by atoms with Gasteiger partial charge in [-0.2, -0.15) is 0 Å². The first kappa shape index (κ1) is 19.2. The monoisotopic (exact) mass is 286 g/mol. The van der Waals surface area contributed by atoms with Crippen LogP contribution in [0.1, 0.15) is 67.7 Å². The summed E-state index contributed by atoms with van der Waals surface area (Å²) in [6.07, 6.45) is 3.07. The predicted octanol–water partition coefficient (Wildman–Crippen LogP) is 3.71. The lowest BCUT2D eigenvalue weighted by Crippen LogP contribution is -2.45. The van der Waals surface area contributed by atoms with Gasteiger partial charge in [-0.1, -0.05) is 40.5 Å². The summed E-state index contributed by atoms with van der Waals surface area (Å²) >= 11 is 0. The highest BCUT2D eigenvalue weighted by molar-refractivity contribution is 5.67. The standard InChI is InChI=1S/C16H34N2O2/c1-8-9-10-13(18-12-15(2,3)4)11-17-14(19)20-16(5,6)7/h13,18H,8-12H2,1-7H3,(H,17,19). The van der Waals surface area contributed by atoms with Crippen LogP contribution in [0.5, 0.6) is 0 Å².